The maximum absolute atomic E-state index is 8.63. The van der Waals surface area contributed by atoms with Crippen LogP contribution in [-0.2, 0) is 11.3 Å². The summed E-state index contributed by atoms with van der Waals surface area (Å²) in [5.74, 6) is 0. The van der Waals surface area contributed by atoms with Crippen molar-refractivity contribution in [3.8, 4) is 0 Å². The molecule has 0 spiro atoms. The molecule has 0 radical (unpaired) electrons. The van der Waals surface area contributed by atoms with Gasteiger partial charge in [-0.3, -0.25) is 9.80 Å². The van der Waals surface area contributed by atoms with Gasteiger partial charge in [0.15, 0.2) is 0 Å². The summed E-state index contributed by atoms with van der Waals surface area (Å²) in [5.41, 5.74) is 0. The van der Waals surface area contributed by atoms with Gasteiger partial charge in [0.25, 0.3) is 0 Å². The van der Waals surface area contributed by atoms with E-state index in [0.29, 0.717) is 6.61 Å². The SMILES string of the molecule is OCCOCCN1CCN(Cc2ccc(Br)s2)CC1. The number of hydrogen-bond donors (Lipinski definition) is 1. The highest BCUT2D eigenvalue weighted by Gasteiger charge is 2.17. The molecule has 0 aliphatic carbocycles. The second-order valence-electron chi connectivity index (χ2n) is 4.66. The highest BCUT2D eigenvalue weighted by Crippen LogP contribution is 2.23. The summed E-state index contributed by atoms with van der Waals surface area (Å²) < 4.78 is 6.51. The van der Waals surface area contributed by atoms with Gasteiger partial charge in [0.1, 0.15) is 0 Å². The Morgan fingerprint density at radius 3 is 2.53 bits per heavy atom. The molecule has 2 heterocycles. The monoisotopic (exact) mass is 348 g/mol. The fourth-order valence-corrected chi connectivity index (χ4v) is 3.71. The minimum atomic E-state index is 0.115. The van der Waals surface area contributed by atoms with Crippen LogP contribution in [0.2, 0.25) is 0 Å². The van der Waals surface area contributed by atoms with E-state index < -0.39 is 0 Å². The molecule has 4 nitrogen and oxygen atoms in total. The molecule has 0 bridgehead atoms. The second kappa shape index (κ2) is 8.34. The van der Waals surface area contributed by atoms with Crippen molar-refractivity contribution in [2.45, 2.75) is 6.54 Å². The molecule has 6 heteroatoms. The zero-order chi connectivity index (χ0) is 13.5. The summed E-state index contributed by atoms with van der Waals surface area (Å²) in [5, 5.41) is 8.63. The second-order valence-corrected chi connectivity index (χ2v) is 7.21. The Bertz CT molecular complexity index is 367. The molecule has 0 amide bonds. The van der Waals surface area contributed by atoms with Gasteiger partial charge in [0, 0.05) is 44.1 Å². The molecule has 2 rings (SSSR count). The Balaban J connectivity index is 1.62. The van der Waals surface area contributed by atoms with Crippen LogP contribution in [0.4, 0.5) is 0 Å². The zero-order valence-electron chi connectivity index (χ0n) is 11.1. The summed E-state index contributed by atoms with van der Waals surface area (Å²) in [6.07, 6.45) is 0. The summed E-state index contributed by atoms with van der Waals surface area (Å²) >= 11 is 5.33. The Hall–Kier alpha value is 0.0200. The smallest absolute Gasteiger partial charge is 0.0701 e. The maximum Gasteiger partial charge on any atom is 0.0701 e. The van der Waals surface area contributed by atoms with Crippen molar-refractivity contribution in [1.29, 1.82) is 0 Å². The van der Waals surface area contributed by atoms with Crippen molar-refractivity contribution in [2.24, 2.45) is 0 Å². The lowest BCUT2D eigenvalue weighted by atomic mass is 10.3. The Labute approximate surface area is 127 Å². The highest BCUT2D eigenvalue weighted by molar-refractivity contribution is 9.11. The van der Waals surface area contributed by atoms with E-state index in [1.165, 1.54) is 8.66 Å². The normalized spacial score (nSPS) is 18.0. The van der Waals surface area contributed by atoms with E-state index in [-0.39, 0.29) is 6.61 Å². The number of halogens is 1. The minimum absolute atomic E-state index is 0.115. The van der Waals surface area contributed by atoms with Gasteiger partial charge >= 0.3 is 0 Å². The molecule has 1 aliphatic heterocycles. The quantitative estimate of drug-likeness (QED) is 0.760. The predicted octanol–water partition coefficient (Wildman–Crippen LogP) is 1.64. The van der Waals surface area contributed by atoms with Gasteiger partial charge in [-0.1, -0.05) is 0 Å². The molecule has 0 unspecified atom stereocenters. The summed E-state index contributed by atoms with van der Waals surface area (Å²) in [6.45, 7) is 7.77. The highest BCUT2D eigenvalue weighted by atomic mass is 79.9. The van der Waals surface area contributed by atoms with Crippen molar-refractivity contribution < 1.29 is 9.84 Å². The first kappa shape index (κ1) is 15.4. The third kappa shape index (κ3) is 5.49. The predicted molar refractivity (Wildman–Crippen MR) is 81.6 cm³/mol. The zero-order valence-corrected chi connectivity index (χ0v) is 13.5. The van der Waals surface area contributed by atoms with Gasteiger partial charge in [-0.2, -0.15) is 0 Å². The number of aliphatic hydroxyl groups excluding tert-OH is 1. The molecule has 1 fully saturated rings. The van der Waals surface area contributed by atoms with E-state index in [1.54, 1.807) is 0 Å². The van der Waals surface area contributed by atoms with Gasteiger partial charge in [0.05, 0.1) is 23.6 Å². The lowest BCUT2D eigenvalue weighted by molar-refractivity contribution is 0.0565. The van der Waals surface area contributed by atoms with E-state index in [2.05, 4.69) is 37.9 Å². The Morgan fingerprint density at radius 1 is 1.16 bits per heavy atom. The molecule has 0 aromatic carbocycles. The number of piperazine rings is 1. The average Bonchev–Trinajstić information content (AvgIpc) is 2.82. The molecule has 1 aromatic rings. The third-order valence-electron chi connectivity index (χ3n) is 3.26. The first-order chi connectivity index (χ1) is 9.28. The maximum atomic E-state index is 8.63. The van der Waals surface area contributed by atoms with Crippen molar-refractivity contribution >= 4 is 27.3 Å². The lowest BCUT2D eigenvalue weighted by Gasteiger charge is -2.34. The number of hydrogen-bond acceptors (Lipinski definition) is 5. The van der Waals surface area contributed by atoms with E-state index in [4.69, 9.17) is 9.84 Å². The largest absolute Gasteiger partial charge is 0.394 e. The van der Waals surface area contributed by atoms with Crippen LogP contribution in [0.5, 0.6) is 0 Å². The Kier molecular flexibility index (Phi) is 6.76. The number of rotatable bonds is 7. The first-order valence-electron chi connectivity index (χ1n) is 6.65. The van der Waals surface area contributed by atoms with Crippen molar-refractivity contribution in [2.75, 3.05) is 52.5 Å². The molecular weight excluding hydrogens is 328 g/mol. The molecule has 1 N–H and O–H groups in total. The van der Waals surface area contributed by atoms with Gasteiger partial charge in [-0.25, -0.2) is 0 Å². The molecule has 0 saturated carbocycles. The number of ether oxygens (including phenoxy) is 1. The molecule has 108 valence electrons. The molecule has 19 heavy (non-hydrogen) atoms. The van der Waals surface area contributed by atoms with E-state index in [0.717, 1.165) is 45.9 Å². The molecular formula is C13H21BrN2O2S. The summed E-state index contributed by atoms with van der Waals surface area (Å²) in [7, 11) is 0. The van der Waals surface area contributed by atoms with E-state index in [1.807, 2.05) is 11.3 Å². The molecule has 1 saturated heterocycles. The first-order valence-corrected chi connectivity index (χ1v) is 8.26. The van der Waals surface area contributed by atoms with Crippen molar-refractivity contribution in [1.82, 2.24) is 9.80 Å². The van der Waals surface area contributed by atoms with Crippen LogP contribution in [0.1, 0.15) is 4.88 Å². The minimum Gasteiger partial charge on any atom is -0.394 e. The van der Waals surface area contributed by atoms with Crippen LogP contribution < -0.4 is 0 Å². The molecule has 1 aromatic heterocycles. The van der Waals surface area contributed by atoms with Gasteiger partial charge < -0.3 is 9.84 Å². The van der Waals surface area contributed by atoms with Crippen LogP contribution >= 0.6 is 27.3 Å². The van der Waals surface area contributed by atoms with Crippen LogP contribution in [0.3, 0.4) is 0 Å². The van der Waals surface area contributed by atoms with Crippen molar-refractivity contribution in [3.05, 3.63) is 20.8 Å². The van der Waals surface area contributed by atoms with Gasteiger partial charge in [0.2, 0.25) is 0 Å². The van der Waals surface area contributed by atoms with Gasteiger partial charge in [-0.05, 0) is 28.1 Å². The summed E-state index contributed by atoms with van der Waals surface area (Å²) in [6, 6.07) is 4.32. The van der Waals surface area contributed by atoms with E-state index in [9.17, 15) is 0 Å². The van der Waals surface area contributed by atoms with Crippen molar-refractivity contribution in [3.63, 3.8) is 0 Å². The van der Waals surface area contributed by atoms with Crippen LogP contribution in [-0.4, -0.2) is 67.5 Å². The summed E-state index contributed by atoms with van der Waals surface area (Å²) in [4.78, 5) is 6.35. The van der Waals surface area contributed by atoms with Crippen LogP contribution in [0.25, 0.3) is 0 Å². The standard InChI is InChI=1S/C13H21BrN2O2S/c14-13-2-1-12(19-13)11-16-5-3-15(4-6-16)7-9-18-10-8-17/h1-2,17H,3-11H2. The van der Waals surface area contributed by atoms with Gasteiger partial charge in [-0.15, -0.1) is 11.3 Å². The molecule has 1 aliphatic rings. The topological polar surface area (TPSA) is 35.9 Å². The number of thiophene rings is 1. The third-order valence-corrected chi connectivity index (χ3v) is 4.87. The Morgan fingerprint density at radius 2 is 1.89 bits per heavy atom. The number of nitrogens with zero attached hydrogens (tertiary/aromatic N) is 2. The van der Waals surface area contributed by atoms with E-state index >= 15 is 0 Å². The fraction of sp³-hybridized carbons (Fsp3) is 0.692. The lowest BCUT2D eigenvalue weighted by Crippen LogP contribution is -2.46. The fourth-order valence-electron chi connectivity index (χ4n) is 2.19. The average molecular weight is 349 g/mol. The molecule has 0 atom stereocenters. The van der Waals surface area contributed by atoms with Crippen LogP contribution in [0.15, 0.2) is 15.9 Å². The number of aliphatic hydroxyl groups is 1. The van der Waals surface area contributed by atoms with Crippen LogP contribution in [0, 0.1) is 0 Å².